The van der Waals surface area contributed by atoms with Gasteiger partial charge in [-0.15, -0.1) is 11.3 Å². The topological polar surface area (TPSA) is 105 Å². The van der Waals surface area contributed by atoms with Crippen LogP contribution in [0.25, 0.3) is 0 Å². The van der Waals surface area contributed by atoms with Gasteiger partial charge in [0.1, 0.15) is 6.61 Å². The summed E-state index contributed by atoms with van der Waals surface area (Å²) < 4.78 is 29.2. The molecule has 1 aromatic heterocycles. The predicted molar refractivity (Wildman–Crippen MR) is 93.4 cm³/mol. The maximum atomic E-state index is 12.1. The first-order valence-corrected chi connectivity index (χ1v) is 8.55. The zero-order valence-electron chi connectivity index (χ0n) is 13.6. The van der Waals surface area contributed by atoms with Gasteiger partial charge in [0, 0.05) is 34.8 Å². The van der Waals surface area contributed by atoms with Crippen LogP contribution in [-0.2, 0) is 4.74 Å². The van der Waals surface area contributed by atoms with Gasteiger partial charge in [-0.25, -0.2) is 14.8 Å². The summed E-state index contributed by atoms with van der Waals surface area (Å²) in [6, 6.07) is 0. The van der Waals surface area contributed by atoms with Gasteiger partial charge in [-0.2, -0.15) is 8.78 Å². The molecule has 0 saturated carbocycles. The van der Waals surface area contributed by atoms with Gasteiger partial charge in [-0.1, -0.05) is 0 Å². The number of carbonyl (C=O) groups excluding carboxylic acids is 1. The molecule has 0 bridgehead atoms. The van der Waals surface area contributed by atoms with Gasteiger partial charge in [-0.3, -0.25) is 9.89 Å². The van der Waals surface area contributed by atoms with Crippen molar-refractivity contribution in [1.82, 2.24) is 15.2 Å². The van der Waals surface area contributed by atoms with Crippen molar-refractivity contribution in [3.8, 4) is 0 Å². The molecule has 1 saturated heterocycles. The van der Waals surface area contributed by atoms with E-state index in [1.165, 1.54) is 22.3 Å². The molecular weight excluding hydrogens is 366 g/mol. The molecule has 1 aromatic rings. The number of amides is 1. The summed E-state index contributed by atoms with van der Waals surface area (Å²) in [5.41, 5.74) is 7.49. The Morgan fingerprint density at radius 3 is 3.08 bits per heavy atom. The standard InChI is InChI=1S/C15H16F2N6O2S/c16-14(17)20-2-1-10(18)9-7-21-12(13-19-3-6-26-13)22-11(9)8-23-4-5-25-15(23)24/h1-3,6,14H,4-5,7-8,18H2,(H,21,22). The van der Waals surface area contributed by atoms with Crippen molar-refractivity contribution in [3.63, 3.8) is 0 Å². The number of nitrogens with one attached hydrogen (secondary N) is 1. The number of cyclic esters (lactones) is 1. The van der Waals surface area contributed by atoms with E-state index in [0.29, 0.717) is 35.3 Å². The zero-order valence-corrected chi connectivity index (χ0v) is 14.4. The predicted octanol–water partition coefficient (Wildman–Crippen LogP) is 1.34. The first-order chi connectivity index (χ1) is 12.5. The number of thiazole rings is 1. The van der Waals surface area contributed by atoms with Gasteiger partial charge in [-0.05, 0) is 6.08 Å². The number of hydrogen-bond acceptors (Lipinski definition) is 8. The van der Waals surface area contributed by atoms with Crippen LogP contribution in [-0.4, -0.2) is 60.8 Å². The second-order valence-corrected chi connectivity index (χ2v) is 6.21. The monoisotopic (exact) mass is 382 g/mol. The van der Waals surface area contributed by atoms with E-state index in [2.05, 4.69) is 20.3 Å². The zero-order chi connectivity index (χ0) is 18.5. The van der Waals surface area contributed by atoms with E-state index < -0.39 is 12.6 Å². The van der Waals surface area contributed by atoms with Crippen LogP contribution in [0.1, 0.15) is 5.01 Å². The molecule has 1 fully saturated rings. The molecule has 0 atom stereocenters. The molecule has 3 heterocycles. The Morgan fingerprint density at radius 2 is 2.42 bits per heavy atom. The molecule has 0 aliphatic carbocycles. The molecular formula is C15H16F2N6O2S. The largest absolute Gasteiger partial charge is 0.448 e. The highest BCUT2D eigenvalue weighted by Gasteiger charge is 2.26. The minimum atomic E-state index is -2.80. The van der Waals surface area contributed by atoms with E-state index in [-0.39, 0.29) is 18.8 Å². The Labute approximate surface area is 151 Å². The van der Waals surface area contributed by atoms with Crippen LogP contribution < -0.4 is 11.1 Å². The Balaban J connectivity index is 1.85. The number of amidine groups is 1. The van der Waals surface area contributed by atoms with Crippen molar-refractivity contribution >= 4 is 29.5 Å². The number of alkyl halides is 2. The van der Waals surface area contributed by atoms with Gasteiger partial charge in [0.05, 0.1) is 19.6 Å². The maximum Gasteiger partial charge on any atom is 0.410 e. The number of hydrogen-bond donors (Lipinski definition) is 2. The molecule has 0 radical (unpaired) electrons. The number of ether oxygens (including phenoxy) is 1. The summed E-state index contributed by atoms with van der Waals surface area (Å²) in [5, 5.41) is 5.67. The molecule has 11 heteroatoms. The van der Waals surface area contributed by atoms with Gasteiger partial charge < -0.3 is 15.8 Å². The first kappa shape index (κ1) is 18.0. The molecule has 0 spiro atoms. The third-order valence-electron chi connectivity index (χ3n) is 3.66. The number of allylic oxidation sites excluding steroid dienone is 1. The van der Waals surface area contributed by atoms with Crippen LogP contribution in [0.5, 0.6) is 0 Å². The number of nitrogens with two attached hydrogens (primary N) is 1. The molecule has 3 N–H and O–H groups in total. The van der Waals surface area contributed by atoms with Crippen molar-refractivity contribution in [1.29, 1.82) is 0 Å². The summed E-state index contributed by atoms with van der Waals surface area (Å²) >= 11 is 1.42. The fourth-order valence-electron chi connectivity index (χ4n) is 2.42. The molecule has 8 nitrogen and oxygen atoms in total. The number of nitrogens with zero attached hydrogens (tertiary/aromatic N) is 4. The average Bonchev–Trinajstić information content (AvgIpc) is 3.27. The maximum absolute atomic E-state index is 12.1. The third-order valence-corrected chi connectivity index (χ3v) is 4.44. The smallest absolute Gasteiger partial charge is 0.410 e. The minimum Gasteiger partial charge on any atom is -0.448 e. The minimum absolute atomic E-state index is 0.227. The summed E-state index contributed by atoms with van der Waals surface area (Å²) in [7, 11) is 0. The van der Waals surface area contributed by atoms with Crippen molar-refractivity contribution in [2.24, 2.45) is 15.7 Å². The van der Waals surface area contributed by atoms with Crippen LogP contribution in [0.2, 0.25) is 0 Å². The fourth-order valence-corrected chi connectivity index (χ4v) is 3.02. The number of aromatic nitrogens is 1. The molecule has 0 aromatic carbocycles. The van der Waals surface area contributed by atoms with Crippen LogP contribution >= 0.6 is 11.3 Å². The van der Waals surface area contributed by atoms with E-state index in [1.807, 2.05) is 5.38 Å². The van der Waals surface area contributed by atoms with Crippen molar-refractivity contribution < 1.29 is 18.3 Å². The van der Waals surface area contributed by atoms with Crippen LogP contribution in [0.15, 0.2) is 44.6 Å². The summed E-state index contributed by atoms with van der Waals surface area (Å²) in [6.45, 7) is -1.56. The Bertz CT molecular complexity index is 788. The lowest BCUT2D eigenvalue weighted by atomic mass is 10.1. The van der Waals surface area contributed by atoms with Gasteiger partial charge in [0.2, 0.25) is 0 Å². The second kappa shape index (κ2) is 8.04. The highest BCUT2D eigenvalue weighted by molar-refractivity contribution is 7.11. The average molecular weight is 382 g/mol. The van der Waals surface area contributed by atoms with Crippen molar-refractivity contribution in [2.45, 2.75) is 6.55 Å². The van der Waals surface area contributed by atoms with Gasteiger partial charge >= 0.3 is 12.6 Å². The molecule has 26 heavy (non-hydrogen) atoms. The molecule has 2 aliphatic rings. The quantitative estimate of drug-likeness (QED) is 0.571. The molecule has 2 aliphatic heterocycles. The number of rotatable bonds is 6. The van der Waals surface area contributed by atoms with Crippen LogP contribution in [0, 0.1) is 0 Å². The third kappa shape index (κ3) is 4.23. The fraction of sp³-hybridized carbons (Fsp3) is 0.333. The van der Waals surface area contributed by atoms with Crippen molar-refractivity contribution in [3.05, 3.63) is 39.6 Å². The molecule has 0 unspecified atom stereocenters. The van der Waals surface area contributed by atoms with Gasteiger partial charge in [0.25, 0.3) is 0 Å². The normalized spacial score (nSPS) is 18.6. The van der Waals surface area contributed by atoms with Gasteiger partial charge in [0.15, 0.2) is 10.8 Å². The van der Waals surface area contributed by atoms with Crippen LogP contribution in [0.4, 0.5) is 13.6 Å². The lowest BCUT2D eigenvalue weighted by Gasteiger charge is -2.24. The van der Waals surface area contributed by atoms with E-state index in [0.717, 1.165) is 6.21 Å². The first-order valence-electron chi connectivity index (χ1n) is 7.67. The Kier molecular flexibility index (Phi) is 5.56. The number of carbonyl (C=O) groups is 1. The summed E-state index contributed by atoms with van der Waals surface area (Å²) in [5.74, 6) is 0.570. The van der Waals surface area contributed by atoms with Crippen molar-refractivity contribution in [2.75, 3.05) is 26.2 Å². The summed E-state index contributed by atoms with van der Waals surface area (Å²) in [4.78, 5) is 24.9. The molecule has 3 rings (SSSR count). The highest BCUT2D eigenvalue weighted by Crippen LogP contribution is 2.19. The second-order valence-electron chi connectivity index (χ2n) is 5.32. The molecule has 138 valence electrons. The van der Waals surface area contributed by atoms with E-state index >= 15 is 0 Å². The molecule has 1 amide bonds. The Morgan fingerprint density at radius 1 is 1.58 bits per heavy atom. The number of aliphatic imine (C=N–C) groups is 2. The lowest BCUT2D eigenvalue weighted by molar-refractivity contribution is 0.159. The van der Waals surface area contributed by atoms with E-state index in [9.17, 15) is 13.6 Å². The van der Waals surface area contributed by atoms with Crippen LogP contribution in [0.3, 0.4) is 0 Å². The van der Waals surface area contributed by atoms with E-state index in [4.69, 9.17) is 10.5 Å². The highest BCUT2D eigenvalue weighted by atomic mass is 32.1. The summed E-state index contributed by atoms with van der Waals surface area (Å²) in [6.07, 6.45) is 3.49. The SMILES string of the molecule is NC(=CC=NC(F)F)C1=C(CN2CCOC2=O)NC(c2nccs2)=NC1. The lowest BCUT2D eigenvalue weighted by Crippen LogP contribution is -2.38. The Hall–Kier alpha value is -2.82. The van der Waals surface area contributed by atoms with E-state index in [1.54, 1.807) is 6.20 Å². The number of halogens is 2.